The molecule has 0 fully saturated rings. The van der Waals surface area contributed by atoms with E-state index in [9.17, 15) is 18.0 Å². The van der Waals surface area contributed by atoms with Crippen LogP contribution in [-0.4, -0.2) is 24.2 Å². The highest BCUT2D eigenvalue weighted by Gasteiger charge is 2.64. The van der Waals surface area contributed by atoms with Gasteiger partial charge in [0.15, 0.2) is 6.10 Å². The predicted octanol–water partition coefficient (Wildman–Crippen LogP) is 5.02. The molecule has 0 spiro atoms. The van der Waals surface area contributed by atoms with Crippen LogP contribution in [0.15, 0.2) is 41.9 Å². The molecule has 1 aromatic carbocycles. The molecule has 2 atom stereocenters. The molecule has 0 saturated carbocycles. The number of hydrogen-bond donors (Lipinski definition) is 0. The van der Waals surface area contributed by atoms with Crippen LogP contribution < -0.4 is 0 Å². The third kappa shape index (κ3) is 4.07. The van der Waals surface area contributed by atoms with Crippen molar-refractivity contribution in [1.82, 2.24) is 4.98 Å². The number of benzene rings is 1. The lowest BCUT2D eigenvalue weighted by Gasteiger charge is -2.33. The fraction of sp³-hybridized carbons (Fsp3) is 0.444. The summed E-state index contributed by atoms with van der Waals surface area (Å²) in [4.78, 5) is 16.8. The van der Waals surface area contributed by atoms with Gasteiger partial charge in [-0.15, -0.1) is 11.3 Å². The van der Waals surface area contributed by atoms with Crippen molar-refractivity contribution in [1.29, 1.82) is 0 Å². The Kier molecular flexibility index (Phi) is 6.77. The molecule has 0 amide bonds. The molecule has 0 saturated heterocycles. The average Bonchev–Trinajstić information content (AvgIpc) is 3.14. The summed E-state index contributed by atoms with van der Waals surface area (Å²) in [6.45, 7) is 1.94. The number of thiazole rings is 1. The summed E-state index contributed by atoms with van der Waals surface area (Å²) in [5.74, 6) is -1.49. The number of halogens is 3. The van der Waals surface area contributed by atoms with Gasteiger partial charge < -0.3 is 9.47 Å². The summed E-state index contributed by atoms with van der Waals surface area (Å²) in [7, 11) is 0.853. The number of nitrogens with zero attached hydrogens (tertiary/aromatic N) is 1. The molecule has 0 aliphatic rings. The Balaban J connectivity index is 2.40. The molecular formula is C18H20F3NO3S. The standard InChI is InChI=1S/C18H20F3NO3S/c1-3-4-10-14(15-22-11-12-26-15)25-16(23)17(24-2,18(19,20)21)13-8-6-5-7-9-13/h5-9,11-12,14H,3-4,10H2,1-2H3/t14-,17-/m1/s1. The van der Waals surface area contributed by atoms with Crippen molar-refractivity contribution in [3.8, 4) is 0 Å². The summed E-state index contributed by atoms with van der Waals surface area (Å²) in [6, 6.07) is 6.78. The Hall–Kier alpha value is -1.93. The highest BCUT2D eigenvalue weighted by atomic mass is 32.1. The molecule has 1 aromatic heterocycles. The van der Waals surface area contributed by atoms with Crippen molar-refractivity contribution < 1.29 is 27.4 Å². The van der Waals surface area contributed by atoms with E-state index >= 15 is 0 Å². The maximum Gasteiger partial charge on any atom is 0.432 e. The summed E-state index contributed by atoms with van der Waals surface area (Å²) in [5.41, 5.74) is -3.51. The summed E-state index contributed by atoms with van der Waals surface area (Å²) in [6.07, 6.45) is -2.41. The molecule has 2 rings (SSSR count). The zero-order chi connectivity index (χ0) is 19.2. The van der Waals surface area contributed by atoms with Gasteiger partial charge >= 0.3 is 12.1 Å². The fourth-order valence-corrected chi connectivity index (χ4v) is 3.32. The second kappa shape index (κ2) is 8.64. The minimum Gasteiger partial charge on any atom is -0.452 e. The SMILES string of the molecule is CCCC[C@@H](OC(=O)[C@](OC)(c1ccccc1)C(F)(F)F)c1nccs1. The van der Waals surface area contributed by atoms with Gasteiger partial charge in [0.2, 0.25) is 0 Å². The van der Waals surface area contributed by atoms with Crippen LogP contribution in [0.4, 0.5) is 13.2 Å². The monoisotopic (exact) mass is 387 g/mol. The molecule has 0 aliphatic heterocycles. The van der Waals surface area contributed by atoms with Crippen LogP contribution in [0.3, 0.4) is 0 Å². The van der Waals surface area contributed by atoms with Crippen LogP contribution >= 0.6 is 11.3 Å². The first kappa shape index (κ1) is 20.4. The highest BCUT2D eigenvalue weighted by molar-refractivity contribution is 7.09. The van der Waals surface area contributed by atoms with E-state index < -0.39 is 23.9 Å². The van der Waals surface area contributed by atoms with Gasteiger partial charge in [-0.05, 0) is 12.8 Å². The lowest BCUT2D eigenvalue weighted by Crippen LogP contribution is -2.52. The van der Waals surface area contributed by atoms with Gasteiger partial charge in [0, 0.05) is 24.3 Å². The van der Waals surface area contributed by atoms with E-state index in [-0.39, 0.29) is 5.56 Å². The average molecular weight is 387 g/mol. The van der Waals surface area contributed by atoms with E-state index in [4.69, 9.17) is 9.47 Å². The molecule has 0 N–H and O–H groups in total. The van der Waals surface area contributed by atoms with Gasteiger partial charge in [0.1, 0.15) is 5.01 Å². The van der Waals surface area contributed by atoms with Gasteiger partial charge in [-0.2, -0.15) is 13.2 Å². The van der Waals surface area contributed by atoms with E-state index in [0.717, 1.165) is 13.5 Å². The number of esters is 1. The summed E-state index contributed by atoms with van der Waals surface area (Å²) < 4.78 is 51.8. The smallest absolute Gasteiger partial charge is 0.432 e. The quantitative estimate of drug-likeness (QED) is 0.597. The van der Waals surface area contributed by atoms with Gasteiger partial charge in [-0.3, -0.25) is 0 Å². The third-order valence-corrected chi connectivity index (χ3v) is 4.84. The fourth-order valence-electron chi connectivity index (χ4n) is 2.62. The molecule has 0 radical (unpaired) electrons. The molecule has 1 heterocycles. The van der Waals surface area contributed by atoms with Crippen LogP contribution in [0, 0.1) is 0 Å². The molecule has 0 unspecified atom stereocenters. The first-order valence-electron chi connectivity index (χ1n) is 8.14. The number of aromatic nitrogens is 1. The number of hydrogen-bond acceptors (Lipinski definition) is 5. The van der Waals surface area contributed by atoms with Crippen molar-refractivity contribution in [3.63, 3.8) is 0 Å². The molecule has 142 valence electrons. The number of carbonyl (C=O) groups is 1. The maximum absolute atomic E-state index is 13.9. The zero-order valence-corrected chi connectivity index (χ0v) is 15.3. The van der Waals surface area contributed by atoms with Gasteiger partial charge in [0.05, 0.1) is 0 Å². The molecule has 0 aliphatic carbocycles. The molecule has 2 aromatic rings. The number of carbonyl (C=O) groups excluding carboxylic acids is 1. The van der Waals surface area contributed by atoms with Crippen LogP contribution in [0.25, 0.3) is 0 Å². The zero-order valence-electron chi connectivity index (χ0n) is 14.5. The van der Waals surface area contributed by atoms with Gasteiger partial charge in [-0.25, -0.2) is 9.78 Å². The topological polar surface area (TPSA) is 48.4 Å². The molecule has 8 heteroatoms. The number of rotatable bonds is 8. The second-order valence-electron chi connectivity index (χ2n) is 5.66. The highest BCUT2D eigenvalue weighted by Crippen LogP contribution is 2.44. The number of alkyl halides is 3. The first-order valence-corrected chi connectivity index (χ1v) is 9.02. The minimum atomic E-state index is -4.99. The molecule has 0 bridgehead atoms. The van der Waals surface area contributed by atoms with E-state index in [1.807, 2.05) is 6.92 Å². The number of unbranched alkanes of at least 4 members (excludes halogenated alkanes) is 1. The van der Waals surface area contributed by atoms with Crippen LogP contribution in [0.2, 0.25) is 0 Å². The van der Waals surface area contributed by atoms with E-state index in [1.54, 1.807) is 11.4 Å². The third-order valence-electron chi connectivity index (χ3n) is 3.97. The normalized spacial score (nSPS) is 15.3. The van der Waals surface area contributed by atoms with Gasteiger partial charge in [-0.1, -0.05) is 43.7 Å². The number of ether oxygens (including phenoxy) is 2. The Morgan fingerprint density at radius 2 is 1.96 bits per heavy atom. The van der Waals surface area contributed by atoms with Gasteiger partial charge in [0.25, 0.3) is 5.60 Å². The van der Waals surface area contributed by atoms with E-state index in [1.165, 1.54) is 41.8 Å². The lowest BCUT2D eigenvalue weighted by molar-refractivity contribution is -0.278. The molecule has 4 nitrogen and oxygen atoms in total. The molecular weight excluding hydrogens is 367 g/mol. The Morgan fingerprint density at radius 3 is 2.46 bits per heavy atom. The number of methoxy groups -OCH3 is 1. The van der Waals surface area contributed by atoms with Crippen molar-refractivity contribution in [2.45, 2.75) is 44.1 Å². The summed E-state index contributed by atoms with van der Waals surface area (Å²) in [5, 5.41) is 2.15. The lowest BCUT2D eigenvalue weighted by atomic mass is 9.92. The Labute approximate surface area is 154 Å². The van der Waals surface area contributed by atoms with Crippen molar-refractivity contribution in [2.75, 3.05) is 7.11 Å². The Bertz CT molecular complexity index is 691. The van der Waals surface area contributed by atoms with E-state index in [2.05, 4.69) is 4.98 Å². The minimum absolute atomic E-state index is 0.326. The first-order chi connectivity index (χ1) is 12.4. The largest absolute Gasteiger partial charge is 0.452 e. The second-order valence-corrected chi connectivity index (χ2v) is 6.58. The van der Waals surface area contributed by atoms with Crippen molar-refractivity contribution in [2.24, 2.45) is 0 Å². The van der Waals surface area contributed by atoms with Crippen molar-refractivity contribution >= 4 is 17.3 Å². The Morgan fingerprint density at radius 1 is 1.27 bits per heavy atom. The summed E-state index contributed by atoms with van der Waals surface area (Å²) >= 11 is 1.23. The van der Waals surface area contributed by atoms with Crippen molar-refractivity contribution in [3.05, 3.63) is 52.5 Å². The van der Waals surface area contributed by atoms with Crippen LogP contribution in [0.5, 0.6) is 0 Å². The van der Waals surface area contributed by atoms with Crippen LogP contribution in [-0.2, 0) is 19.9 Å². The van der Waals surface area contributed by atoms with E-state index in [0.29, 0.717) is 17.8 Å². The molecule has 26 heavy (non-hydrogen) atoms. The maximum atomic E-state index is 13.9. The predicted molar refractivity (Wildman–Crippen MR) is 91.7 cm³/mol. The van der Waals surface area contributed by atoms with Crippen LogP contribution in [0.1, 0.15) is 42.9 Å².